The Morgan fingerprint density at radius 3 is 2.71 bits per heavy atom. The zero-order chi connectivity index (χ0) is 17.4. The molecular formula is C17H20ClN3O3. The molecule has 0 fully saturated rings. The number of nitrogens with one attached hydrogen (secondary N) is 1. The van der Waals surface area contributed by atoms with Crippen LogP contribution in [-0.4, -0.2) is 35.9 Å². The first kappa shape index (κ1) is 18.2. The van der Waals surface area contributed by atoms with Gasteiger partial charge < -0.3 is 10.1 Å². The number of hydrogen-bond donors (Lipinski definition) is 1. The van der Waals surface area contributed by atoms with Crippen LogP contribution < -0.4 is 10.9 Å². The summed E-state index contributed by atoms with van der Waals surface area (Å²) in [6.07, 6.45) is 0.874. The van der Waals surface area contributed by atoms with E-state index in [0.717, 1.165) is 5.56 Å². The molecule has 1 amide bonds. The SMILES string of the molecule is COCCNC(=O)CCCn1nc(-c2ccc(Cl)cc2)ccc1=O. The zero-order valence-electron chi connectivity index (χ0n) is 13.5. The second-order valence-electron chi connectivity index (χ2n) is 5.23. The molecule has 0 saturated carbocycles. The van der Waals surface area contributed by atoms with Crippen molar-refractivity contribution in [1.82, 2.24) is 15.1 Å². The molecule has 0 aliphatic rings. The van der Waals surface area contributed by atoms with Gasteiger partial charge in [0.05, 0.1) is 12.3 Å². The Balaban J connectivity index is 1.95. The Kier molecular flexibility index (Phi) is 6.96. The van der Waals surface area contributed by atoms with Crippen molar-refractivity contribution in [2.45, 2.75) is 19.4 Å². The fourth-order valence-corrected chi connectivity index (χ4v) is 2.28. The second kappa shape index (κ2) is 9.20. The van der Waals surface area contributed by atoms with Crippen molar-refractivity contribution in [3.8, 4) is 11.3 Å². The summed E-state index contributed by atoms with van der Waals surface area (Å²) in [6, 6.07) is 10.4. The van der Waals surface area contributed by atoms with E-state index in [1.54, 1.807) is 25.3 Å². The van der Waals surface area contributed by atoms with Crippen LogP contribution in [0.15, 0.2) is 41.2 Å². The molecule has 0 radical (unpaired) electrons. The molecule has 0 saturated heterocycles. The number of methoxy groups -OCH3 is 1. The molecule has 0 bridgehead atoms. The van der Waals surface area contributed by atoms with E-state index in [2.05, 4.69) is 10.4 Å². The van der Waals surface area contributed by atoms with Gasteiger partial charge in [-0.15, -0.1) is 0 Å². The maximum Gasteiger partial charge on any atom is 0.266 e. The molecule has 1 N–H and O–H groups in total. The topological polar surface area (TPSA) is 73.2 Å². The van der Waals surface area contributed by atoms with Crippen molar-refractivity contribution >= 4 is 17.5 Å². The van der Waals surface area contributed by atoms with Crippen molar-refractivity contribution in [3.63, 3.8) is 0 Å². The molecule has 2 aromatic rings. The lowest BCUT2D eigenvalue weighted by Crippen LogP contribution is -2.28. The lowest BCUT2D eigenvalue weighted by Gasteiger charge is -2.08. The van der Waals surface area contributed by atoms with Gasteiger partial charge in [0.25, 0.3) is 5.56 Å². The van der Waals surface area contributed by atoms with Crippen molar-refractivity contribution in [2.24, 2.45) is 0 Å². The van der Waals surface area contributed by atoms with Gasteiger partial charge in [-0.1, -0.05) is 23.7 Å². The number of carbonyl (C=O) groups is 1. The summed E-state index contributed by atoms with van der Waals surface area (Å²) in [6.45, 7) is 1.35. The minimum Gasteiger partial charge on any atom is -0.383 e. The van der Waals surface area contributed by atoms with Gasteiger partial charge in [0.15, 0.2) is 0 Å². The Morgan fingerprint density at radius 2 is 2.00 bits per heavy atom. The summed E-state index contributed by atoms with van der Waals surface area (Å²) in [4.78, 5) is 23.5. The molecular weight excluding hydrogens is 330 g/mol. The molecule has 128 valence electrons. The molecule has 7 heteroatoms. The number of amides is 1. The first-order valence-electron chi connectivity index (χ1n) is 7.70. The van der Waals surface area contributed by atoms with Gasteiger partial charge in [-0.05, 0) is 24.6 Å². The van der Waals surface area contributed by atoms with Crippen LogP contribution in [0.2, 0.25) is 5.02 Å². The van der Waals surface area contributed by atoms with Gasteiger partial charge in [0, 0.05) is 43.3 Å². The number of aryl methyl sites for hydroxylation is 1. The number of halogens is 1. The van der Waals surface area contributed by atoms with Crippen LogP contribution in [0.5, 0.6) is 0 Å². The van der Waals surface area contributed by atoms with E-state index < -0.39 is 0 Å². The van der Waals surface area contributed by atoms with Crippen LogP contribution in [0.25, 0.3) is 11.3 Å². The summed E-state index contributed by atoms with van der Waals surface area (Å²) in [7, 11) is 1.58. The minimum atomic E-state index is -0.187. The van der Waals surface area contributed by atoms with E-state index >= 15 is 0 Å². The lowest BCUT2D eigenvalue weighted by atomic mass is 10.1. The van der Waals surface area contributed by atoms with E-state index in [4.69, 9.17) is 16.3 Å². The highest BCUT2D eigenvalue weighted by Crippen LogP contribution is 2.18. The Hall–Kier alpha value is -2.18. The van der Waals surface area contributed by atoms with Crippen molar-refractivity contribution in [3.05, 3.63) is 51.8 Å². The van der Waals surface area contributed by atoms with E-state index in [1.807, 2.05) is 12.1 Å². The quantitative estimate of drug-likeness (QED) is 0.741. The van der Waals surface area contributed by atoms with Crippen LogP contribution in [0, 0.1) is 0 Å². The predicted octanol–water partition coefficient (Wildman–Crippen LogP) is 2.11. The smallest absolute Gasteiger partial charge is 0.266 e. The number of benzene rings is 1. The molecule has 1 aromatic carbocycles. The van der Waals surface area contributed by atoms with Gasteiger partial charge in [0.1, 0.15) is 0 Å². The predicted molar refractivity (Wildman–Crippen MR) is 93.1 cm³/mol. The zero-order valence-corrected chi connectivity index (χ0v) is 14.3. The normalized spacial score (nSPS) is 10.6. The molecule has 2 rings (SSSR count). The van der Waals surface area contributed by atoms with E-state index in [-0.39, 0.29) is 11.5 Å². The van der Waals surface area contributed by atoms with Crippen LogP contribution in [0.3, 0.4) is 0 Å². The number of aromatic nitrogens is 2. The van der Waals surface area contributed by atoms with E-state index in [9.17, 15) is 9.59 Å². The highest BCUT2D eigenvalue weighted by Gasteiger charge is 2.05. The summed E-state index contributed by atoms with van der Waals surface area (Å²) >= 11 is 5.88. The Bertz CT molecular complexity index is 729. The standard InChI is InChI=1S/C17H20ClN3O3/c1-24-12-10-19-16(22)3-2-11-21-17(23)9-8-15(20-21)13-4-6-14(18)7-5-13/h4-9H,2-3,10-12H2,1H3,(H,19,22). The van der Waals surface area contributed by atoms with E-state index in [1.165, 1.54) is 10.7 Å². The third kappa shape index (κ3) is 5.47. The first-order chi connectivity index (χ1) is 11.6. The minimum absolute atomic E-state index is 0.0612. The Labute approximate surface area is 145 Å². The highest BCUT2D eigenvalue weighted by molar-refractivity contribution is 6.30. The number of carbonyl (C=O) groups excluding carboxylic acids is 1. The summed E-state index contributed by atoms with van der Waals surface area (Å²) in [5.74, 6) is -0.0612. The molecule has 1 aromatic heterocycles. The fourth-order valence-electron chi connectivity index (χ4n) is 2.15. The second-order valence-corrected chi connectivity index (χ2v) is 5.67. The third-order valence-electron chi connectivity index (χ3n) is 3.41. The summed E-state index contributed by atoms with van der Waals surface area (Å²) in [5.41, 5.74) is 1.38. The van der Waals surface area contributed by atoms with Crippen LogP contribution in [0.4, 0.5) is 0 Å². The van der Waals surface area contributed by atoms with Crippen molar-refractivity contribution < 1.29 is 9.53 Å². The highest BCUT2D eigenvalue weighted by atomic mass is 35.5. The molecule has 0 aliphatic carbocycles. The molecule has 1 heterocycles. The largest absolute Gasteiger partial charge is 0.383 e. The summed E-state index contributed by atoms with van der Waals surface area (Å²) < 4.78 is 6.25. The van der Waals surface area contributed by atoms with Gasteiger partial charge in [-0.3, -0.25) is 9.59 Å². The fraction of sp³-hybridized carbons (Fsp3) is 0.353. The van der Waals surface area contributed by atoms with Crippen LogP contribution >= 0.6 is 11.6 Å². The number of nitrogens with zero attached hydrogens (tertiary/aromatic N) is 2. The average molecular weight is 350 g/mol. The first-order valence-corrected chi connectivity index (χ1v) is 8.07. The van der Waals surface area contributed by atoms with Crippen LogP contribution in [0.1, 0.15) is 12.8 Å². The summed E-state index contributed by atoms with van der Waals surface area (Å²) in [5, 5.41) is 7.74. The molecule has 0 atom stereocenters. The third-order valence-corrected chi connectivity index (χ3v) is 3.66. The molecule has 6 nitrogen and oxygen atoms in total. The Morgan fingerprint density at radius 1 is 1.25 bits per heavy atom. The molecule has 0 aliphatic heterocycles. The van der Waals surface area contributed by atoms with Gasteiger partial charge in [-0.25, -0.2) is 4.68 Å². The van der Waals surface area contributed by atoms with Crippen molar-refractivity contribution in [1.29, 1.82) is 0 Å². The average Bonchev–Trinajstić information content (AvgIpc) is 2.57. The lowest BCUT2D eigenvalue weighted by molar-refractivity contribution is -0.121. The van der Waals surface area contributed by atoms with Gasteiger partial charge >= 0.3 is 0 Å². The maximum atomic E-state index is 11.9. The maximum absolute atomic E-state index is 11.9. The van der Waals surface area contributed by atoms with Gasteiger partial charge in [-0.2, -0.15) is 5.10 Å². The molecule has 24 heavy (non-hydrogen) atoms. The number of ether oxygens (including phenoxy) is 1. The number of rotatable bonds is 8. The molecule has 0 spiro atoms. The van der Waals surface area contributed by atoms with Crippen LogP contribution in [-0.2, 0) is 16.1 Å². The van der Waals surface area contributed by atoms with Crippen molar-refractivity contribution in [2.75, 3.05) is 20.3 Å². The molecule has 0 unspecified atom stereocenters. The number of hydrogen-bond acceptors (Lipinski definition) is 4. The van der Waals surface area contributed by atoms with E-state index in [0.29, 0.717) is 43.3 Å². The van der Waals surface area contributed by atoms with Gasteiger partial charge in [0.2, 0.25) is 5.91 Å². The monoisotopic (exact) mass is 349 g/mol.